The predicted octanol–water partition coefficient (Wildman–Crippen LogP) is 4.84. The Bertz CT molecular complexity index is 550. The van der Waals surface area contributed by atoms with Crippen LogP contribution in [0.4, 0.5) is 0 Å². The number of nitriles is 1. The average molecular weight is 308 g/mol. The quantitative estimate of drug-likeness (QED) is 0.845. The number of hydrogen-bond donors (Lipinski definition) is 1. The van der Waals surface area contributed by atoms with Crippen LogP contribution in [0, 0.1) is 34.5 Å². The van der Waals surface area contributed by atoms with Crippen LogP contribution >= 0.6 is 0 Å². The Morgan fingerprint density at radius 2 is 1.65 bits per heavy atom. The Balaban J connectivity index is 1.44. The SMILES string of the molecule is C[C@H](N[C@H](C#N)CC12CC3CC(CC(C3)C1)C2)c1ccccc1. The molecule has 0 amide bonds. The summed E-state index contributed by atoms with van der Waals surface area (Å²) in [7, 11) is 0. The van der Waals surface area contributed by atoms with Gasteiger partial charge >= 0.3 is 0 Å². The van der Waals surface area contributed by atoms with Crippen LogP contribution < -0.4 is 5.32 Å². The van der Waals surface area contributed by atoms with Gasteiger partial charge in [-0.05, 0) is 80.6 Å². The van der Waals surface area contributed by atoms with Crippen molar-refractivity contribution in [3.63, 3.8) is 0 Å². The lowest BCUT2D eigenvalue weighted by Crippen LogP contribution is -2.48. The van der Waals surface area contributed by atoms with Crippen molar-refractivity contribution in [3.05, 3.63) is 35.9 Å². The third-order valence-electron chi connectivity index (χ3n) is 6.71. The summed E-state index contributed by atoms with van der Waals surface area (Å²) in [4.78, 5) is 0. The average Bonchev–Trinajstić information content (AvgIpc) is 2.53. The smallest absolute Gasteiger partial charge is 0.0962 e. The third kappa shape index (κ3) is 3.04. The number of benzene rings is 1. The number of nitrogens with zero attached hydrogens (tertiary/aromatic N) is 1. The van der Waals surface area contributed by atoms with E-state index in [0.29, 0.717) is 5.41 Å². The molecule has 0 heterocycles. The molecule has 0 radical (unpaired) electrons. The lowest BCUT2D eigenvalue weighted by Gasteiger charge is -2.57. The largest absolute Gasteiger partial charge is 0.295 e. The van der Waals surface area contributed by atoms with Crippen LogP contribution in [0.25, 0.3) is 0 Å². The number of rotatable bonds is 5. The normalized spacial score (nSPS) is 37.3. The van der Waals surface area contributed by atoms with Gasteiger partial charge in [-0.15, -0.1) is 0 Å². The summed E-state index contributed by atoms with van der Waals surface area (Å²) in [6.45, 7) is 2.18. The molecule has 0 aliphatic heterocycles. The molecule has 4 saturated carbocycles. The lowest BCUT2D eigenvalue weighted by molar-refractivity contribution is -0.0599. The molecule has 122 valence electrons. The van der Waals surface area contributed by atoms with Gasteiger partial charge in [-0.2, -0.15) is 5.26 Å². The standard InChI is InChI=1S/C21H28N2/c1-15(19-5-3-2-4-6-19)23-20(14-22)13-21-10-16-7-17(11-21)9-18(8-16)12-21/h2-6,15-18,20,23H,7-13H2,1H3/t15-,16?,17?,18?,20-,21?/m0/s1. The first kappa shape index (κ1) is 15.2. The van der Waals surface area contributed by atoms with E-state index in [1.807, 2.05) is 6.07 Å². The molecule has 4 fully saturated rings. The van der Waals surface area contributed by atoms with Crippen LogP contribution in [-0.4, -0.2) is 6.04 Å². The van der Waals surface area contributed by atoms with Gasteiger partial charge in [0, 0.05) is 6.04 Å². The lowest BCUT2D eigenvalue weighted by atomic mass is 9.48. The van der Waals surface area contributed by atoms with E-state index < -0.39 is 0 Å². The Morgan fingerprint density at radius 1 is 1.09 bits per heavy atom. The fourth-order valence-electron chi connectivity index (χ4n) is 6.25. The van der Waals surface area contributed by atoms with Crippen LogP contribution in [0.5, 0.6) is 0 Å². The summed E-state index contributed by atoms with van der Waals surface area (Å²) < 4.78 is 0. The maximum absolute atomic E-state index is 9.71. The molecular formula is C21H28N2. The Kier molecular flexibility index (Phi) is 3.93. The van der Waals surface area contributed by atoms with Crippen LogP contribution in [0.3, 0.4) is 0 Å². The second-order valence-electron chi connectivity index (χ2n) is 8.60. The zero-order valence-corrected chi connectivity index (χ0v) is 14.2. The van der Waals surface area contributed by atoms with Crippen LogP contribution in [0.2, 0.25) is 0 Å². The Morgan fingerprint density at radius 3 is 2.17 bits per heavy atom. The first-order valence-electron chi connectivity index (χ1n) is 9.36. The summed E-state index contributed by atoms with van der Waals surface area (Å²) in [5.74, 6) is 2.89. The second kappa shape index (κ2) is 5.95. The van der Waals surface area contributed by atoms with Gasteiger partial charge in [0.15, 0.2) is 0 Å². The molecule has 2 heteroatoms. The summed E-state index contributed by atoms with van der Waals surface area (Å²) in [6, 6.07) is 13.3. The summed E-state index contributed by atoms with van der Waals surface area (Å²) in [5, 5.41) is 13.3. The van der Waals surface area contributed by atoms with Crippen molar-refractivity contribution in [2.24, 2.45) is 23.2 Å². The Labute approximate surface area is 140 Å². The van der Waals surface area contributed by atoms with E-state index in [1.165, 1.54) is 44.1 Å². The van der Waals surface area contributed by atoms with Crippen molar-refractivity contribution >= 4 is 0 Å². The van der Waals surface area contributed by atoms with Crippen LogP contribution in [-0.2, 0) is 0 Å². The fourth-order valence-corrected chi connectivity index (χ4v) is 6.25. The molecule has 1 N–H and O–H groups in total. The summed E-state index contributed by atoms with van der Waals surface area (Å²) >= 11 is 0. The Hall–Kier alpha value is -1.33. The molecule has 1 aromatic rings. The van der Waals surface area contributed by atoms with Crippen molar-refractivity contribution in [2.75, 3.05) is 0 Å². The number of hydrogen-bond acceptors (Lipinski definition) is 2. The van der Waals surface area contributed by atoms with Crippen molar-refractivity contribution in [1.82, 2.24) is 5.32 Å². The van der Waals surface area contributed by atoms with Gasteiger partial charge in [0.05, 0.1) is 12.1 Å². The zero-order chi connectivity index (χ0) is 15.9. The highest BCUT2D eigenvalue weighted by molar-refractivity contribution is 5.19. The molecule has 23 heavy (non-hydrogen) atoms. The third-order valence-corrected chi connectivity index (χ3v) is 6.71. The van der Waals surface area contributed by atoms with Crippen molar-refractivity contribution in [3.8, 4) is 6.07 Å². The molecule has 4 aliphatic carbocycles. The van der Waals surface area contributed by atoms with Gasteiger partial charge in [-0.3, -0.25) is 5.32 Å². The van der Waals surface area contributed by atoms with Gasteiger partial charge < -0.3 is 0 Å². The molecule has 1 aromatic carbocycles. The molecule has 2 nitrogen and oxygen atoms in total. The molecule has 0 unspecified atom stereocenters. The second-order valence-corrected chi connectivity index (χ2v) is 8.60. The van der Waals surface area contributed by atoms with Gasteiger partial charge in [-0.1, -0.05) is 30.3 Å². The highest BCUT2D eigenvalue weighted by Crippen LogP contribution is 2.61. The van der Waals surface area contributed by atoms with Crippen molar-refractivity contribution in [2.45, 2.75) is 64.0 Å². The van der Waals surface area contributed by atoms with Crippen molar-refractivity contribution in [1.29, 1.82) is 5.26 Å². The van der Waals surface area contributed by atoms with Gasteiger partial charge in [0.1, 0.15) is 0 Å². The maximum atomic E-state index is 9.71. The van der Waals surface area contributed by atoms with Gasteiger partial charge in [-0.25, -0.2) is 0 Å². The molecular weight excluding hydrogens is 280 g/mol. The highest BCUT2D eigenvalue weighted by atomic mass is 14.9. The topological polar surface area (TPSA) is 35.8 Å². The van der Waals surface area contributed by atoms with E-state index in [-0.39, 0.29) is 12.1 Å². The van der Waals surface area contributed by atoms with Crippen LogP contribution in [0.1, 0.15) is 63.5 Å². The molecule has 0 aromatic heterocycles. The predicted molar refractivity (Wildman–Crippen MR) is 92.6 cm³/mol. The molecule has 4 bridgehead atoms. The molecule has 0 saturated heterocycles. The van der Waals surface area contributed by atoms with E-state index in [2.05, 4.69) is 42.6 Å². The minimum atomic E-state index is -0.0125. The minimum Gasteiger partial charge on any atom is -0.295 e. The van der Waals surface area contributed by atoms with Gasteiger partial charge in [0.25, 0.3) is 0 Å². The molecule has 5 rings (SSSR count). The number of nitrogens with one attached hydrogen (secondary N) is 1. The van der Waals surface area contributed by atoms with E-state index >= 15 is 0 Å². The van der Waals surface area contributed by atoms with E-state index in [0.717, 1.165) is 24.2 Å². The molecule has 0 spiro atoms. The van der Waals surface area contributed by atoms with E-state index in [9.17, 15) is 5.26 Å². The summed E-state index contributed by atoms with van der Waals surface area (Å²) in [5.41, 5.74) is 1.75. The maximum Gasteiger partial charge on any atom is 0.0962 e. The highest BCUT2D eigenvalue weighted by Gasteiger charge is 2.51. The van der Waals surface area contributed by atoms with Gasteiger partial charge in [0.2, 0.25) is 0 Å². The molecule has 2 atom stereocenters. The van der Waals surface area contributed by atoms with E-state index in [1.54, 1.807) is 0 Å². The minimum absolute atomic E-state index is 0.0125. The summed E-state index contributed by atoms with van der Waals surface area (Å²) in [6.07, 6.45) is 9.65. The molecule has 4 aliphatic rings. The first-order valence-corrected chi connectivity index (χ1v) is 9.36. The van der Waals surface area contributed by atoms with Crippen LogP contribution in [0.15, 0.2) is 30.3 Å². The first-order chi connectivity index (χ1) is 11.2. The van der Waals surface area contributed by atoms with Crippen molar-refractivity contribution < 1.29 is 0 Å². The van der Waals surface area contributed by atoms with E-state index in [4.69, 9.17) is 0 Å². The zero-order valence-electron chi connectivity index (χ0n) is 14.2. The monoisotopic (exact) mass is 308 g/mol. The fraction of sp³-hybridized carbons (Fsp3) is 0.667.